The molecule has 0 N–H and O–H groups in total. The second-order valence-electron chi connectivity index (χ2n) is 5.03. The number of Topliss-reactive ketones (excluding diaryl/α,β-unsaturated/α-hetero) is 1. The molecule has 0 saturated carbocycles. The molecule has 2 atom stereocenters. The average Bonchev–Trinajstić information content (AvgIpc) is 2.92. The van der Waals surface area contributed by atoms with E-state index in [2.05, 4.69) is 0 Å². The first-order chi connectivity index (χ1) is 8.97. The van der Waals surface area contributed by atoms with Crippen LogP contribution < -0.4 is 0 Å². The Balaban J connectivity index is 1.94. The highest BCUT2D eigenvalue weighted by molar-refractivity contribution is 5.97. The van der Waals surface area contributed by atoms with E-state index in [0.29, 0.717) is 11.3 Å². The molecule has 1 aromatic rings. The van der Waals surface area contributed by atoms with Crippen LogP contribution in [0, 0.1) is 0 Å². The van der Waals surface area contributed by atoms with Crippen molar-refractivity contribution in [2.24, 2.45) is 7.05 Å². The maximum atomic E-state index is 11.9. The van der Waals surface area contributed by atoms with E-state index in [-0.39, 0.29) is 24.6 Å². The lowest BCUT2D eigenvalue weighted by Crippen LogP contribution is -2.20. The van der Waals surface area contributed by atoms with Crippen LogP contribution in [0.3, 0.4) is 0 Å². The summed E-state index contributed by atoms with van der Waals surface area (Å²) >= 11 is 0. The Morgan fingerprint density at radius 2 is 2.21 bits per heavy atom. The lowest BCUT2D eigenvalue weighted by molar-refractivity contribution is -0.00319. The molecule has 0 spiro atoms. The van der Waals surface area contributed by atoms with Gasteiger partial charge in [-0.25, -0.2) is 4.79 Å². The van der Waals surface area contributed by atoms with Gasteiger partial charge < -0.3 is 14.0 Å². The van der Waals surface area contributed by atoms with Crippen LogP contribution in [0.2, 0.25) is 0 Å². The van der Waals surface area contributed by atoms with Gasteiger partial charge in [0.25, 0.3) is 0 Å². The summed E-state index contributed by atoms with van der Waals surface area (Å²) in [5.41, 5.74) is 0.899. The van der Waals surface area contributed by atoms with Gasteiger partial charge in [-0.1, -0.05) is 0 Å². The molecule has 1 aliphatic rings. The molecule has 0 bridgehead atoms. The number of carbonyl (C=O) groups excluding carboxylic acids is 2. The van der Waals surface area contributed by atoms with Gasteiger partial charge in [0, 0.05) is 18.8 Å². The van der Waals surface area contributed by atoms with Gasteiger partial charge in [0.05, 0.1) is 12.2 Å². The first kappa shape index (κ1) is 13.8. The van der Waals surface area contributed by atoms with E-state index in [9.17, 15) is 9.59 Å². The van der Waals surface area contributed by atoms with Gasteiger partial charge in [-0.05, 0) is 32.8 Å². The van der Waals surface area contributed by atoms with Crippen LogP contribution >= 0.6 is 0 Å². The standard InChI is InChI=1S/C14H19NO4/c1-9-4-5-12(19-9)8-18-14(17)13-6-11(10(2)16)7-15(13)3/h6-7,9,12H,4-5,8H2,1-3H3/t9-,12-/m0/s1. The van der Waals surface area contributed by atoms with Crippen molar-refractivity contribution in [3.05, 3.63) is 23.5 Å². The van der Waals surface area contributed by atoms with E-state index >= 15 is 0 Å². The fourth-order valence-corrected chi connectivity index (χ4v) is 2.21. The van der Waals surface area contributed by atoms with Crippen LogP contribution in [0.15, 0.2) is 12.3 Å². The largest absolute Gasteiger partial charge is 0.458 e. The van der Waals surface area contributed by atoms with Crippen molar-refractivity contribution in [3.8, 4) is 0 Å². The lowest BCUT2D eigenvalue weighted by atomic mass is 10.2. The molecule has 1 aliphatic heterocycles. The predicted molar refractivity (Wildman–Crippen MR) is 69.3 cm³/mol. The van der Waals surface area contributed by atoms with Crippen LogP contribution in [0.5, 0.6) is 0 Å². The molecule has 2 rings (SSSR count). The quantitative estimate of drug-likeness (QED) is 0.616. The van der Waals surface area contributed by atoms with Gasteiger partial charge >= 0.3 is 5.97 Å². The number of aryl methyl sites for hydroxylation is 1. The monoisotopic (exact) mass is 265 g/mol. The van der Waals surface area contributed by atoms with Crippen LogP contribution in [-0.4, -0.2) is 35.1 Å². The van der Waals surface area contributed by atoms with E-state index in [0.717, 1.165) is 12.8 Å². The molecule has 0 aliphatic carbocycles. The predicted octanol–water partition coefficient (Wildman–Crippen LogP) is 1.95. The summed E-state index contributed by atoms with van der Waals surface area (Å²) in [4.78, 5) is 23.2. The van der Waals surface area contributed by atoms with Gasteiger partial charge in [-0.3, -0.25) is 4.79 Å². The first-order valence-electron chi connectivity index (χ1n) is 6.47. The van der Waals surface area contributed by atoms with Gasteiger partial charge in [-0.15, -0.1) is 0 Å². The van der Waals surface area contributed by atoms with E-state index < -0.39 is 5.97 Å². The number of ether oxygens (including phenoxy) is 2. The van der Waals surface area contributed by atoms with Crippen molar-refractivity contribution < 1.29 is 19.1 Å². The SMILES string of the molecule is CC(=O)c1cc(C(=O)OC[C@@H]2CC[C@H](C)O2)n(C)c1. The third-order valence-electron chi connectivity index (χ3n) is 3.34. The number of hydrogen-bond donors (Lipinski definition) is 0. The second kappa shape index (κ2) is 5.57. The molecule has 2 heterocycles. The molecule has 1 saturated heterocycles. The van der Waals surface area contributed by atoms with Crippen molar-refractivity contribution in [3.63, 3.8) is 0 Å². The topological polar surface area (TPSA) is 57.5 Å². The fourth-order valence-electron chi connectivity index (χ4n) is 2.21. The van der Waals surface area contributed by atoms with Crippen molar-refractivity contribution in [2.75, 3.05) is 6.61 Å². The van der Waals surface area contributed by atoms with Gasteiger partial charge in [0.1, 0.15) is 12.3 Å². The zero-order valence-corrected chi connectivity index (χ0v) is 11.5. The van der Waals surface area contributed by atoms with E-state index in [1.165, 1.54) is 6.92 Å². The molecule has 0 radical (unpaired) electrons. The van der Waals surface area contributed by atoms with Gasteiger partial charge in [0.15, 0.2) is 5.78 Å². The summed E-state index contributed by atoms with van der Waals surface area (Å²) in [6.45, 7) is 3.75. The Bertz CT molecular complexity index is 492. The molecule has 1 fully saturated rings. The lowest BCUT2D eigenvalue weighted by Gasteiger charge is -2.11. The number of hydrogen-bond acceptors (Lipinski definition) is 4. The molecule has 19 heavy (non-hydrogen) atoms. The Labute approximate surface area is 112 Å². The highest BCUT2D eigenvalue weighted by atomic mass is 16.6. The van der Waals surface area contributed by atoms with Crippen molar-refractivity contribution in [1.29, 1.82) is 0 Å². The Morgan fingerprint density at radius 1 is 1.47 bits per heavy atom. The van der Waals surface area contributed by atoms with E-state index in [4.69, 9.17) is 9.47 Å². The molecule has 0 unspecified atom stereocenters. The summed E-state index contributed by atoms with van der Waals surface area (Å²) < 4.78 is 12.4. The van der Waals surface area contributed by atoms with Crippen molar-refractivity contribution in [1.82, 2.24) is 4.57 Å². The van der Waals surface area contributed by atoms with E-state index in [1.54, 1.807) is 23.9 Å². The number of ketones is 1. The Morgan fingerprint density at radius 3 is 2.74 bits per heavy atom. The smallest absolute Gasteiger partial charge is 0.355 e. The molecule has 0 amide bonds. The van der Waals surface area contributed by atoms with Crippen LogP contribution in [0.4, 0.5) is 0 Å². The molecule has 1 aromatic heterocycles. The number of carbonyl (C=O) groups is 2. The molecule has 5 heteroatoms. The summed E-state index contributed by atoms with van der Waals surface area (Å²) in [5.74, 6) is -0.485. The summed E-state index contributed by atoms with van der Waals surface area (Å²) in [6, 6.07) is 1.56. The third-order valence-corrected chi connectivity index (χ3v) is 3.34. The highest BCUT2D eigenvalue weighted by Crippen LogP contribution is 2.19. The third kappa shape index (κ3) is 3.23. The van der Waals surface area contributed by atoms with E-state index in [1.807, 2.05) is 6.92 Å². The Kier molecular flexibility index (Phi) is 4.04. The average molecular weight is 265 g/mol. The first-order valence-corrected chi connectivity index (χ1v) is 6.47. The fraction of sp³-hybridized carbons (Fsp3) is 0.571. The summed E-state index contributed by atoms with van der Waals surface area (Å²) in [5, 5.41) is 0. The summed E-state index contributed by atoms with van der Waals surface area (Å²) in [7, 11) is 1.72. The second-order valence-corrected chi connectivity index (χ2v) is 5.03. The highest BCUT2D eigenvalue weighted by Gasteiger charge is 2.24. The zero-order valence-electron chi connectivity index (χ0n) is 11.5. The minimum Gasteiger partial charge on any atom is -0.458 e. The van der Waals surface area contributed by atoms with Crippen molar-refractivity contribution in [2.45, 2.75) is 38.9 Å². The number of rotatable bonds is 4. The molecule has 104 valence electrons. The Hall–Kier alpha value is -1.62. The maximum absolute atomic E-state index is 11.9. The minimum absolute atomic E-state index is 0.00787. The van der Waals surface area contributed by atoms with Gasteiger partial charge in [0.2, 0.25) is 0 Å². The van der Waals surface area contributed by atoms with Crippen LogP contribution in [-0.2, 0) is 16.5 Å². The molecule has 5 nitrogen and oxygen atoms in total. The molecular weight excluding hydrogens is 246 g/mol. The number of aromatic nitrogens is 1. The maximum Gasteiger partial charge on any atom is 0.355 e. The number of nitrogens with zero attached hydrogens (tertiary/aromatic N) is 1. The number of esters is 1. The van der Waals surface area contributed by atoms with Gasteiger partial charge in [-0.2, -0.15) is 0 Å². The van der Waals surface area contributed by atoms with Crippen LogP contribution in [0.25, 0.3) is 0 Å². The van der Waals surface area contributed by atoms with Crippen LogP contribution in [0.1, 0.15) is 47.5 Å². The zero-order chi connectivity index (χ0) is 14.0. The normalized spacial score (nSPS) is 22.5. The summed E-state index contributed by atoms with van der Waals surface area (Å²) in [6.07, 6.45) is 3.78. The van der Waals surface area contributed by atoms with Crippen molar-refractivity contribution >= 4 is 11.8 Å². The molecule has 0 aromatic carbocycles. The molecular formula is C14H19NO4. The minimum atomic E-state index is -0.418.